The lowest BCUT2D eigenvalue weighted by atomic mass is 10.3. The molecule has 1 atom stereocenters. The van der Waals surface area contributed by atoms with Crippen molar-refractivity contribution in [3.63, 3.8) is 0 Å². The summed E-state index contributed by atoms with van der Waals surface area (Å²) in [6.45, 7) is 10.2. The van der Waals surface area contributed by atoms with Gasteiger partial charge >= 0.3 is 8.80 Å². The van der Waals surface area contributed by atoms with Crippen LogP contribution in [0.3, 0.4) is 0 Å². The maximum absolute atomic E-state index is 5.80. The van der Waals surface area contributed by atoms with Crippen molar-refractivity contribution in [3.8, 4) is 0 Å². The second-order valence-corrected chi connectivity index (χ2v) is 7.20. The number of epoxide rings is 1. The predicted octanol–water partition coefficient (Wildman–Crippen LogP) is 2.23. The summed E-state index contributed by atoms with van der Waals surface area (Å²) in [6.07, 6.45) is 2.37. The third kappa shape index (κ3) is 7.39. The highest BCUT2D eigenvalue weighted by atomic mass is 28.4. The molecule has 5 nitrogen and oxygen atoms in total. The van der Waals surface area contributed by atoms with Crippen LogP contribution in [0.5, 0.6) is 0 Å². The molecule has 1 rings (SSSR count). The van der Waals surface area contributed by atoms with Gasteiger partial charge in [0.25, 0.3) is 0 Å². The minimum Gasteiger partial charge on any atom is -0.379 e. The standard InChI is InChI=1S/C13H28O5Si/c1-4-16-19(17-5-2,18-6-3)10-8-7-9-14-11-13-12-15-13/h13H,4-12H2,1-3H3/t13-/m0/s1. The van der Waals surface area contributed by atoms with E-state index in [0.717, 1.165) is 38.7 Å². The van der Waals surface area contributed by atoms with Gasteiger partial charge in [-0.15, -0.1) is 0 Å². The van der Waals surface area contributed by atoms with Gasteiger partial charge in [-0.3, -0.25) is 0 Å². The molecule has 0 N–H and O–H groups in total. The molecule has 0 aliphatic carbocycles. The Labute approximate surface area is 117 Å². The smallest absolute Gasteiger partial charge is 0.379 e. The van der Waals surface area contributed by atoms with Crippen LogP contribution in [0.25, 0.3) is 0 Å². The molecule has 19 heavy (non-hydrogen) atoms. The largest absolute Gasteiger partial charge is 0.500 e. The first-order valence-corrected chi connectivity index (χ1v) is 9.30. The van der Waals surface area contributed by atoms with Gasteiger partial charge in [0, 0.05) is 32.5 Å². The first kappa shape index (κ1) is 17.1. The molecule has 1 heterocycles. The van der Waals surface area contributed by atoms with Gasteiger partial charge in [-0.25, -0.2) is 0 Å². The van der Waals surface area contributed by atoms with Crippen molar-refractivity contribution < 1.29 is 22.8 Å². The SMILES string of the molecule is CCO[Si](CCCCOC[C@H]1CO1)(OCC)OCC. The van der Waals surface area contributed by atoms with Crippen molar-refractivity contribution in [3.05, 3.63) is 0 Å². The highest BCUT2D eigenvalue weighted by molar-refractivity contribution is 6.60. The average molecular weight is 292 g/mol. The molecule has 1 aliphatic rings. The Morgan fingerprint density at radius 3 is 2.05 bits per heavy atom. The van der Waals surface area contributed by atoms with Gasteiger partial charge in [0.05, 0.1) is 13.2 Å². The Kier molecular flexibility index (Phi) is 8.85. The van der Waals surface area contributed by atoms with Crippen LogP contribution in [0.4, 0.5) is 0 Å². The van der Waals surface area contributed by atoms with Gasteiger partial charge in [0.15, 0.2) is 0 Å². The Morgan fingerprint density at radius 1 is 1.00 bits per heavy atom. The molecule has 0 amide bonds. The van der Waals surface area contributed by atoms with Crippen LogP contribution in [0.15, 0.2) is 0 Å². The van der Waals surface area contributed by atoms with Gasteiger partial charge in [-0.1, -0.05) is 0 Å². The fourth-order valence-corrected chi connectivity index (χ4v) is 4.61. The lowest BCUT2D eigenvalue weighted by molar-refractivity contribution is 0.0689. The zero-order chi connectivity index (χ0) is 14.0. The Balaban J connectivity index is 2.17. The lowest BCUT2D eigenvalue weighted by Crippen LogP contribution is -2.45. The van der Waals surface area contributed by atoms with Crippen molar-refractivity contribution >= 4 is 8.80 Å². The van der Waals surface area contributed by atoms with E-state index in [1.807, 2.05) is 20.8 Å². The molecule has 1 aliphatic heterocycles. The van der Waals surface area contributed by atoms with Gasteiger partial charge in [-0.2, -0.15) is 0 Å². The average Bonchev–Trinajstić information content (AvgIpc) is 3.19. The van der Waals surface area contributed by atoms with Crippen molar-refractivity contribution in [1.82, 2.24) is 0 Å². The van der Waals surface area contributed by atoms with E-state index < -0.39 is 8.80 Å². The third-order valence-corrected chi connectivity index (χ3v) is 5.97. The molecule has 0 aromatic heterocycles. The fraction of sp³-hybridized carbons (Fsp3) is 1.00. The Hall–Kier alpha value is 0.0169. The van der Waals surface area contributed by atoms with Crippen LogP contribution in [-0.4, -0.2) is 54.5 Å². The minimum absolute atomic E-state index is 0.351. The molecular formula is C13H28O5Si. The fourth-order valence-electron chi connectivity index (χ4n) is 1.93. The summed E-state index contributed by atoms with van der Waals surface area (Å²) >= 11 is 0. The Morgan fingerprint density at radius 2 is 1.58 bits per heavy atom. The molecule has 0 aromatic rings. The topological polar surface area (TPSA) is 49.5 Å². The zero-order valence-corrected chi connectivity index (χ0v) is 13.5. The van der Waals surface area contributed by atoms with Gasteiger partial charge in [0.2, 0.25) is 0 Å². The summed E-state index contributed by atoms with van der Waals surface area (Å²) in [7, 11) is -2.45. The first-order chi connectivity index (χ1) is 9.26. The van der Waals surface area contributed by atoms with Crippen LogP contribution >= 0.6 is 0 Å². The van der Waals surface area contributed by atoms with E-state index >= 15 is 0 Å². The van der Waals surface area contributed by atoms with Crippen LogP contribution in [0, 0.1) is 0 Å². The molecular weight excluding hydrogens is 264 g/mol. The molecule has 114 valence electrons. The zero-order valence-electron chi connectivity index (χ0n) is 12.5. The summed E-state index contributed by atoms with van der Waals surface area (Å²) in [6, 6.07) is 0.867. The number of unbranched alkanes of at least 4 members (excludes halogenated alkanes) is 1. The number of ether oxygens (including phenoxy) is 2. The van der Waals surface area contributed by atoms with Crippen LogP contribution < -0.4 is 0 Å². The summed E-state index contributed by atoms with van der Waals surface area (Å²) in [5.74, 6) is 0. The summed E-state index contributed by atoms with van der Waals surface area (Å²) < 4.78 is 28.0. The monoisotopic (exact) mass is 292 g/mol. The summed E-state index contributed by atoms with van der Waals surface area (Å²) in [5, 5.41) is 0. The van der Waals surface area contributed by atoms with Gasteiger partial charge in [-0.05, 0) is 33.6 Å². The maximum atomic E-state index is 5.80. The molecule has 0 bridgehead atoms. The number of hydrogen-bond donors (Lipinski definition) is 0. The molecule has 0 radical (unpaired) electrons. The second kappa shape index (κ2) is 9.85. The van der Waals surface area contributed by atoms with Crippen LogP contribution in [0.1, 0.15) is 33.6 Å². The van der Waals surface area contributed by atoms with E-state index in [-0.39, 0.29) is 0 Å². The van der Waals surface area contributed by atoms with Crippen LogP contribution in [0.2, 0.25) is 6.04 Å². The van der Waals surface area contributed by atoms with Gasteiger partial charge < -0.3 is 22.8 Å². The molecule has 6 heteroatoms. The van der Waals surface area contributed by atoms with Crippen molar-refractivity contribution in [2.45, 2.75) is 45.8 Å². The van der Waals surface area contributed by atoms with E-state index in [2.05, 4.69) is 0 Å². The van der Waals surface area contributed by atoms with Crippen molar-refractivity contribution in [2.75, 3.05) is 39.6 Å². The quantitative estimate of drug-likeness (QED) is 0.296. The highest BCUT2D eigenvalue weighted by Gasteiger charge is 2.39. The van der Waals surface area contributed by atoms with E-state index in [9.17, 15) is 0 Å². The van der Waals surface area contributed by atoms with Gasteiger partial charge in [0.1, 0.15) is 6.10 Å². The normalized spacial score (nSPS) is 18.8. The number of hydrogen-bond acceptors (Lipinski definition) is 5. The lowest BCUT2D eigenvalue weighted by Gasteiger charge is -2.28. The van der Waals surface area contributed by atoms with E-state index in [4.69, 9.17) is 22.8 Å². The second-order valence-electron chi connectivity index (χ2n) is 4.47. The van der Waals surface area contributed by atoms with Crippen LogP contribution in [-0.2, 0) is 22.8 Å². The molecule has 0 spiro atoms. The van der Waals surface area contributed by atoms with E-state index in [0.29, 0.717) is 25.9 Å². The van der Waals surface area contributed by atoms with Crippen molar-refractivity contribution in [1.29, 1.82) is 0 Å². The highest BCUT2D eigenvalue weighted by Crippen LogP contribution is 2.19. The molecule has 1 saturated heterocycles. The molecule has 0 unspecified atom stereocenters. The van der Waals surface area contributed by atoms with E-state index in [1.54, 1.807) is 0 Å². The maximum Gasteiger partial charge on any atom is 0.500 e. The summed E-state index contributed by atoms with van der Waals surface area (Å²) in [4.78, 5) is 0. The first-order valence-electron chi connectivity index (χ1n) is 7.37. The molecule has 0 aromatic carbocycles. The summed E-state index contributed by atoms with van der Waals surface area (Å²) in [5.41, 5.74) is 0. The Bertz CT molecular complexity index is 206. The minimum atomic E-state index is -2.45. The number of rotatable bonds is 13. The van der Waals surface area contributed by atoms with Crippen molar-refractivity contribution in [2.24, 2.45) is 0 Å². The molecule has 0 saturated carbocycles. The molecule has 1 fully saturated rings. The third-order valence-electron chi connectivity index (χ3n) is 2.82. The predicted molar refractivity (Wildman–Crippen MR) is 75.2 cm³/mol. The van der Waals surface area contributed by atoms with E-state index in [1.165, 1.54) is 0 Å².